The van der Waals surface area contributed by atoms with Crippen molar-refractivity contribution in [2.24, 2.45) is 0 Å². The van der Waals surface area contributed by atoms with Crippen molar-refractivity contribution in [3.63, 3.8) is 0 Å². The molecular weight excluding hydrogens is 466 g/mol. The lowest BCUT2D eigenvalue weighted by molar-refractivity contribution is -0.124. The fourth-order valence-electron chi connectivity index (χ4n) is 4.01. The molecule has 3 heterocycles. The molecular formula is C26H21N3O7. The van der Waals surface area contributed by atoms with Gasteiger partial charge < -0.3 is 29.6 Å². The van der Waals surface area contributed by atoms with Crippen molar-refractivity contribution in [3.8, 4) is 17.2 Å². The maximum atomic E-state index is 13.3. The van der Waals surface area contributed by atoms with Crippen LogP contribution in [0.3, 0.4) is 0 Å². The number of hydrogen-bond acceptors (Lipinski definition) is 8. The van der Waals surface area contributed by atoms with Crippen LogP contribution in [0.2, 0.25) is 0 Å². The van der Waals surface area contributed by atoms with Crippen molar-refractivity contribution in [2.45, 2.75) is 12.3 Å². The highest BCUT2D eigenvalue weighted by Gasteiger charge is 2.28. The van der Waals surface area contributed by atoms with E-state index in [9.17, 15) is 19.5 Å². The fourth-order valence-corrected chi connectivity index (χ4v) is 4.01. The van der Waals surface area contributed by atoms with Gasteiger partial charge in [-0.25, -0.2) is 4.98 Å². The number of para-hydroxylation sites is 1. The lowest BCUT2D eigenvalue weighted by Crippen LogP contribution is -2.34. The molecule has 1 aliphatic rings. The van der Waals surface area contributed by atoms with Crippen LogP contribution in [0.4, 0.5) is 5.82 Å². The third-order valence-electron chi connectivity index (χ3n) is 5.75. The molecule has 1 atom stereocenters. The van der Waals surface area contributed by atoms with Gasteiger partial charge in [-0.1, -0.05) is 18.2 Å². The number of hydrogen-bond donors (Lipinski definition) is 3. The van der Waals surface area contributed by atoms with Gasteiger partial charge in [0, 0.05) is 35.7 Å². The molecule has 3 N–H and O–H groups in total. The van der Waals surface area contributed by atoms with Crippen molar-refractivity contribution in [1.29, 1.82) is 0 Å². The van der Waals surface area contributed by atoms with Crippen LogP contribution in [0.1, 0.15) is 23.5 Å². The number of amides is 2. The van der Waals surface area contributed by atoms with Crippen LogP contribution < -0.4 is 25.5 Å². The molecule has 2 amide bonds. The van der Waals surface area contributed by atoms with Gasteiger partial charge in [0.15, 0.2) is 16.9 Å². The normalized spacial score (nSPS) is 12.8. The molecule has 10 nitrogen and oxygen atoms in total. The molecule has 0 saturated heterocycles. The Kier molecular flexibility index (Phi) is 6.23. The highest BCUT2D eigenvalue weighted by molar-refractivity contribution is 5.94. The second-order valence-corrected chi connectivity index (χ2v) is 8.08. The van der Waals surface area contributed by atoms with Gasteiger partial charge in [0.2, 0.25) is 18.6 Å². The number of nitrogens with one attached hydrogen (secondary N) is 2. The highest BCUT2D eigenvalue weighted by Crippen LogP contribution is 2.42. The molecule has 5 rings (SSSR count). The maximum Gasteiger partial charge on any atom is 0.244 e. The number of ether oxygens (including phenoxy) is 2. The lowest BCUT2D eigenvalue weighted by Gasteiger charge is -2.19. The van der Waals surface area contributed by atoms with E-state index in [-0.39, 0.29) is 42.1 Å². The van der Waals surface area contributed by atoms with Crippen LogP contribution in [0.15, 0.2) is 76.3 Å². The molecule has 0 spiro atoms. The van der Waals surface area contributed by atoms with Crippen LogP contribution >= 0.6 is 0 Å². The number of aromatic nitrogens is 1. The first-order valence-corrected chi connectivity index (χ1v) is 11.1. The highest BCUT2D eigenvalue weighted by atomic mass is 16.7. The first-order valence-electron chi connectivity index (χ1n) is 11.1. The second kappa shape index (κ2) is 9.79. The second-order valence-electron chi connectivity index (χ2n) is 8.08. The number of nitrogens with zero attached hydrogens (tertiary/aromatic N) is 1. The predicted molar refractivity (Wildman–Crippen MR) is 129 cm³/mol. The van der Waals surface area contributed by atoms with Crippen LogP contribution in [0, 0.1) is 0 Å². The van der Waals surface area contributed by atoms with E-state index < -0.39 is 17.7 Å². The summed E-state index contributed by atoms with van der Waals surface area (Å²) in [5.41, 5.74) is 0.529. The van der Waals surface area contributed by atoms with E-state index >= 15 is 0 Å². The minimum absolute atomic E-state index is 0.00707. The van der Waals surface area contributed by atoms with Crippen molar-refractivity contribution in [3.05, 3.63) is 88.4 Å². The van der Waals surface area contributed by atoms with Gasteiger partial charge in [-0.05, 0) is 30.3 Å². The molecule has 0 fully saturated rings. The number of aromatic hydroxyl groups is 1. The Morgan fingerprint density at radius 1 is 1.00 bits per heavy atom. The van der Waals surface area contributed by atoms with Gasteiger partial charge in [-0.2, -0.15) is 0 Å². The number of phenolic OH excluding ortho intramolecular Hbond substituents is 1. The van der Waals surface area contributed by atoms with Gasteiger partial charge in [0.25, 0.3) is 0 Å². The van der Waals surface area contributed by atoms with Crippen molar-refractivity contribution in [2.75, 3.05) is 18.7 Å². The minimum atomic E-state index is -0.890. The average molecular weight is 487 g/mol. The molecule has 0 bridgehead atoms. The molecule has 0 saturated carbocycles. The standard InChI is InChI=1S/C26H21N3O7/c30-19-11-22-21(35-14-36-22)9-17(19)16(18-13-34-20-6-2-1-5-15(20)26(18)33)10-24(31)28-12-25(32)29-23-7-3-4-8-27-23/h1-9,11,13,16,30H,10,12,14H2,(H,28,31)(H,27,29,32). The van der Waals surface area contributed by atoms with E-state index in [1.165, 1.54) is 24.6 Å². The predicted octanol–water partition coefficient (Wildman–Crippen LogP) is 2.90. The van der Waals surface area contributed by atoms with Crippen LogP contribution in [-0.4, -0.2) is 35.2 Å². The average Bonchev–Trinajstić information content (AvgIpc) is 3.34. The number of carbonyl (C=O) groups excluding carboxylic acids is 2. The zero-order chi connectivity index (χ0) is 25.1. The van der Waals surface area contributed by atoms with Crippen LogP contribution in [0.5, 0.6) is 17.2 Å². The Morgan fingerprint density at radius 2 is 1.78 bits per heavy atom. The Balaban J connectivity index is 1.42. The third-order valence-corrected chi connectivity index (χ3v) is 5.75. The number of benzene rings is 2. The van der Waals surface area contributed by atoms with Gasteiger partial charge in [-0.15, -0.1) is 0 Å². The van der Waals surface area contributed by atoms with Crippen LogP contribution in [-0.2, 0) is 9.59 Å². The largest absolute Gasteiger partial charge is 0.508 e. The van der Waals surface area contributed by atoms with Gasteiger partial charge in [0.1, 0.15) is 17.2 Å². The topological polar surface area (TPSA) is 140 Å². The van der Waals surface area contributed by atoms with Crippen molar-refractivity contribution >= 4 is 28.6 Å². The van der Waals surface area contributed by atoms with E-state index in [0.29, 0.717) is 28.3 Å². The third kappa shape index (κ3) is 4.69. The number of rotatable bonds is 7. The molecule has 1 aliphatic heterocycles. The molecule has 2 aromatic carbocycles. The number of anilines is 1. The maximum absolute atomic E-state index is 13.3. The summed E-state index contributed by atoms with van der Waals surface area (Å²) >= 11 is 0. The Labute approximate surface area is 204 Å². The molecule has 1 unspecified atom stereocenters. The Bertz CT molecular complexity index is 1500. The minimum Gasteiger partial charge on any atom is -0.508 e. The SMILES string of the molecule is O=C(CC(c1cc2c(cc1O)OCO2)c1coc2ccccc2c1=O)NCC(=O)Nc1ccccn1. The zero-order valence-electron chi connectivity index (χ0n) is 18.9. The quantitative estimate of drug-likeness (QED) is 0.362. The number of fused-ring (bicyclic) bond motifs is 2. The molecule has 36 heavy (non-hydrogen) atoms. The lowest BCUT2D eigenvalue weighted by atomic mass is 9.87. The van der Waals surface area contributed by atoms with Crippen molar-refractivity contribution in [1.82, 2.24) is 10.3 Å². The summed E-state index contributed by atoms with van der Waals surface area (Å²) in [4.78, 5) is 42.5. The number of phenols is 1. The number of carbonyl (C=O) groups is 2. The van der Waals surface area contributed by atoms with E-state index in [0.717, 1.165) is 0 Å². The molecule has 10 heteroatoms. The van der Waals surface area contributed by atoms with E-state index in [1.807, 2.05) is 0 Å². The summed E-state index contributed by atoms with van der Waals surface area (Å²) in [5, 5.41) is 16.2. The number of pyridine rings is 1. The molecule has 0 radical (unpaired) electrons. The molecule has 182 valence electrons. The van der Waals surface area contributed by atoms with E-state index in [2.05, 4.69) is 15.6 Å². The van der Waals surface area contributed by atoms with Gasteiger partial charge in [0.05, 0.1) is 18.2 Å². The first-order chi connectivity index (χ1) is 17.5. The summed E-state index contributed by atoms with van der Waals surface area (Å²) in [6.45, 7) is -0.311. The Morgan fingerprint density at radius 3 is 2.58 bits per heavy atom. The summed E-state index contributed by atoms with van der Waals surface area (Å²) in [6, 6.07) is 14.7. The smallest absolute Gasteiger partial charge is 0.244 e. The van der Waals surface area contributed by atoms with Crippen LogP contribution in [0.25, 0.3) is 11.0 Å². The molecule has 4 aromatic rings. The molecule has 2 aromatic heterocycles. The summed E-state index contributed by atoms with van der Waals surface area (Å²) in [6.07, 6.45) is 2.58. The monoisotopic (exact) mass is 487 g/mol. The summed E-state index contributed by atoms with van der Waals surface area (Å²) in [5.74, 6) is -0.940. The van der Waals surface area contributed by atoms with E-state index in [1.54, 1.807) is 42.5 Å². The Hall–Kier alpha value is -4.86. The van der Waals surface area contributed by atoms with E-state index in [4.69, 9.17) is 13.9 Å². The zero-order valence-corrected chi connectivity index (χ0v) is 18.9. The van der Waals surface area contributed by atoms with Crippen molar-refractivity contribution < 1.29 is 28.6 Å². The van der Waals surface area contributed by atoms with Gasteiger partial charge >= 0.3 is 0 Å². The molecule has 0 aliphatic carbocycles. The summed E-state index contributed by atoms with van der Waals surface area (Å²) in [7, 11) is 0. The first kappa shape index (κ1) is 22.9. The van der Waals surface area contributed by atoms with Gasteiger partial charge in [-0.3, -0.25) is 14.4 Å². The summed E-state index contributed by atoms with van der Waals surface area (Å²) < 4.78 is 16.4. The fraction of sp³-hybridized carbons (Fsp3) is 0.154.